The Morgan fingerprint density at radius 2 is 1.91 bits per heavy atom. The average Bonchev–Trinajstić information content (AvgIpc) is 3.50. The second kappa shape index (κ2) is 6.98. The monoisotopic (exact) mass is 437 g/mol. The van der Waals surface area contributed by atoms with Gasteiger partial charge in [-0.2, -0.15) is 0 Å². The third kappa shape index (κ3) is 3.17. The number of nitrogens with one attached hydrogen (secondary N) is 1. The molecule has 1 aliphatic carbocycles. The van der Waals surface area contributed by atoms with Crippen LogP contribution in [0.4, 0.5) is 14.7 Å². The minimum atomic E-state index is -2.59. The number of alkyl halides is 2. The first kappa shape index (κ1) is 19.1. The maximum atomic E-state index is 13.1. The van der Waals surface area contributed by atoms with E-state index in [-0.39, 0.29) is 24.8 Å². The Bertz CT molecular complexity index is 1330. The van der Waals surface area contributed by atoms with Crippen molar-refractivity contribution in [3.05, 3.63) is 48.7 Å². The predicted octanol–water partition coefficient (Wildman–Crippen LogP) is 3.49. The fraction of sp³-hybridized carbons (Fsp3) is 0.364. The summed E-state index contributed by atoms with van der Waals surface area (Å²) in [6.45, 7) is 1.56. The number of likely N-dealkylation sites (tertiary alicyclic amines) is 1. The molecule has 5 heterocycles. The van der Waals surface area contributed by atoms with Crippen LogP contribution >= 0.6 is 0 Å². The molecule has 0 aromatic carbocycles. The van der Waals surface area contributed by atoms with Crippen LogP contribution in [0.1, 0.15) is 36.2 Å². The smallest absolute Gasteiger partial charge is 0.272 e. The van der Waals surface area contributed by atoms with Crippen molar-refractivity contribution in [2.24, 2.45) is 0 Å². The fourth-order valence-corrected chi connectivity index (χ4v) is 4.54. The standard InChI is InChI=1S/C22H21F2N7O/c23-22(24)9-15(10-22)27-21-26-11-17-16(5-8-31(17)28-21)14-3-4-19-25-12-18(30(19)13-14)20(32)29-6-1-2-7-29/h3-5,8,11-13,15H,1-2,6-7,9-10H2,(H,27,28). The van der Waals surface area contributed by atoms with Gasteiger partial charge >= 0.3 is 0 Å². The molecule has 4 aromatic rings. The van der Waals surface area contributed by atoms with Crippen molar-refractivity contribution < 1.29 is 13.6 Å². The van der Waals surface area contributed by atoms with Gasteiger partial charge in [0.25, 0.3) is 11.8 Å². The summed E-state index contributed by atoms with van der Waals surface area (Å²) in [4.78, 5) is 23.5. The number of carbonyl (C=O) groups is 1. The Morgan fingerprint density at radius 3 is 2.69 bits per heavy atom. The zero-order chi connectivity index (χ0) is 21.9. The number of nitrogens with zero attached hydrogens (tertiary/aromatic N) is 6. The fourth-order valence-electron chi connectivity index (χ4n) is 4.54. The molecule has 2 fully saturated rings. The highest BCUT2D eigenvalue weighted by atomic mass is 19.3. The first-order valence-electron chi connectivity index (χ1n) is 10.7. The van der Waals surface area contributed by atoms with Crippen LogP contribution in [0.5, 0.6) is 0 Å². The summed E-state index contributed by atoms with van der Waals surface area (Å²) in [7, 11) is 0. The number of aromatic nitrogens is 5. The van der Waals surface area contributed by atoms with Crippen LogP contribution in [0.2, 0.25) is 0 Å². The van der Waals surface area contributed by atoms with Gasteiger partial charge in [0.15, 0.2) is 0 Å². The summed E-state index contributed by atoms with van der Waals surface area (Å²) in [6, 6.07) is 5.44. The largest absolute Gasteiger partial charge is 0.350 e. The van der Waals surface area contributed by atoms with Crippen LogP contribution in [0.3, 0.4) is 0 Å². The van der Waals surface area contributed by atoms with E-state index in [9.17, 15) is 13.6 Å². The maximum Gasteiger partial charge on any atom is 0.272 e. The highest BCUT2D eigenvalue weighted by Crippen LogP contribution is 2.38. The average molecular weight is 437 g/mol. The van der Waals surface area contributed by atoms with Crippen LogP contribution in [-0.4, -0.2) is 59.8 Å². The Labute approximate surface area is 181 Å². The second-order valence-electron chi connectivity index (χ2n) is 8.54. The molecule has 0 radical (unpaired) electrons. The van der Waals surface area contributed by atoms with Crippen LogP contribution in [0.15, 0.2) is 43.0 Å². The lowest BCUT2D eigenvalue weighted by atomic mass is 9.88. The molecule has 2 aliphatic rings. The number of halogens is 2. The van der Waals surface area contributed by atoms with Crippen molar-refractivity contribution in [1.82, 2.24) is 28.9 Å². The van der Waals surface area contributed by atoms with Crippen molar-refractivity contribution >= 4 is 23.0 Å². The van der Waals surface area contributed by atoms with Crippen LogP contribution < -0.4 is 5.32 Å². The number of imidazole rings is 1. The molecule has 4 aromatic heterocycles. The zero-order valence-corrected chi connectivity index (χ0v) is 17.2. The van der Waals surface area contributed by atoms with Gasteiger partial charge in [-0.15, -0.1) is 5.10 Å². The van der Waals surface area contributed by atoms with Gasteiger partial charge in [0, 0.05) is 55.5 Å². The van der Waals surface area contributed by atoms with Gasteiger partial charge in [-0.25, -0.2) is 23.3 Å². The van der Waals surface area contributed by atoms with Gasteiger partial charge in [-0.05, 0) is 31.0 Å². The van der Waals surface area contributed by atoms with E-state index in [0.717, 1.165) is 42.6 Å². The molecule has 1 amide bonds. The van der Waals surface area contributed by atoms with E-state index in [4.69, 9.17) is 0 Å². The van der Waals surface area contributed by atoms with Gasteiger partial charge < -0.3 is 10.2 Å². The Kier molecular flexibility index (Phi) is 4.17. The number of rotatable bonds is 4. The van der Waals surface area contributed by atoms with Crippen molar-refractivity contribution in [3.63, 3.8) is 0 Å². The predicted molar refractivity (Wildman–Crippen MR) is 114 cm³/mol. The molecule has 1 aliphatic heterocycles. The molecule has 32 heavy (non-hydrogen) atoms. The number of anilines is 1. The third-order valence-corrected chi connectivity index (χ3v) is 6.27. The minimum absolute atomic E-state index is 0.00508. The normalized spacial score (nSPS) is 18.4. The number of hydrogen-bond acceptors (Lipinski definition) is 5. The quantitative estimate of drug-likeness (QED) is 0.529. The lowest BCUT2D eigenvalue weighted by Gasteiger charge is -2.35. The topological polar surface area (TPSA) is 79.8 Å². The van der Waals surface area contributed by atoms with Crippen molar-refractivity contribution in [2.75, 3.05) is 18.4 Å². The number of amides is 1. The van der Waals surface area contributed by atoms with E-state index in [1.807, 2.05) is 33.7 Å². The summed E-state index contributed by atoms with van der Waals surface area (Å²) in [5.74, 6) is -2.28. The van der Waals surface area contributed by atoms with Crippen LogP contribution in [-0.2, 0) is 0 Å². The van der Waals surface area contributed by atoms with E-state index >= 15 is 0 Å². The molecule has 10 heteroatoms. The van der Waals surface area contributed by atoms with Crippen LogP contribution in [0, 0.1) is 0 Å². The van der Waals surface area contributed by atoms with Crippen molar-refractivity contribution in [3.8, 4) is 11.1 Å². The maximum absolute atomic E-state index is 13.1. The number of pyridine rings is 1. The molecule has 0 spiro atoms. The summed E-state index contributed by atoms with van der Waals surface area (Å²) < 4.78 is 29.6. The number of fused-ring (bicyclic) bond motifs is 2. The lowest BCUT2D eigenvalue weighted by molar-refractivity contribution is -0.0795. The second-order valence-corrected chi connectivity index (χ2v) is 8.54. The first-order chi connectivity index (χ1) is 15.5. The lowest BCUT2D eigenvalue weighted by Crippen LogP contribution is -2.44. The first-order valence-corrected chi connectivity index (χ1v) is 10.7. The highest BCUT2D eigenvalue weighted by molar-refractivity contribution is 5.93. The summed E-state index contributed by atoms with van der Waals surface area (Å²) in [6.07, 6.45) is 8.68. The molecule has 0 atom stereocenters. The molecule has 6 rings (SSSR count). The van der Waals surface area contributed by atoms with Crippen LogP contribution in [0.25, 0.3) is 22.3 Å². The van der Waals surface area contributed by atoms with Gasteiger partial charge in [0.1, 0.15) is 11.3 Å². The van der Waals surface area contributed by atoms with E-state index in [1.54, 1.807) is 23.1 Å². The number of carbonyl (C=O) groups excluding carboxylic acids is 1. The zero-order valence-electron chi connectivity index (χ0n) is 17.2. The van der Waals surface area contributed by atoms with E-state index < -0.39 is 5.92 Å². The van der Waals surface area contributed by atoms with Gasteiger partial charge in [-0.1, -0.05) is 0 Å². The van der Waals surface area contributed by atoms with Crippen molar-refractivity contribution in [1.29, 1.82) is 0 Å². The molecule has 1 saturated carbocycles. The molecular weight excluding hydrogens is 416 g/mol. The molecule has 0 unspecified atom stereocenters. The molecule has 1 saturated heterocycles. The third-order valence-electron chi connectivity index (χ3n) is 6.27. The van der Waals surface area contributed by atoms with E-state index in [0.29, 0.717) is 17.3 Å². The Hall–Kier alpha value is -3.56. The van der Waals surface area contributed by atoms with E-state index in [2.05, 4.69) is 20.4 Å². The summed E-state index contributed by atoms with van der Waals surface area (Å²) in [5, 5.41) is 7.38. The minimum Gasteiger partial charge on any atom is -0.350 e. The number of hydrogen-bond donors (Lipinski definition) is 1. The van der Waals surface area contributed by atoms with Crippen molar-refractivity contribution in [2.45, 2.75) is 37.6 Å². The van der Waals surface area contributed by atoms with Gasteiger partial charge in [0.2, 0.25) is 5.95 Å². The summed E-state index contributed by atoms with van der Waals surface area (Å²) >= 11 is 0. The Balaban J connectivity index is 1.31. The molecule has 164 valence electrons. The molecule has 8 nitrogen and oxygen atoms in total. The molecule has 1 N–H and O–H groups in total. The highest BCUT2D eigenvalue weighted by Gasteiger charge is 2.45. The summed E-state index contributed by atoms with van der Waals surface area (Å²) in [5.41, 5.74) is 3.84. The molecule has 0 bridgehead atoms. The molecular formula is C22H21F2N7O. The van der Waals surface area contributed by atoms with Gasteiger partial charge in [-0.3, -0.25) is 9.20 Å². The SMILES string of the molecule is O=C(c1cnc2ccc(-c3ccn4nc(NC5CC(F)(F)C5)ncc34)cn12)N1CCCC1. The van der Waals surface area contributed by atoms with E-state index in [1.165, 1.54) is 0 Å². The Morgan fingerprint density at radius 1 is 1.09 bits per heavy atom. The van der Waals surface area contributed by atoms with Gasteiger partial charge in [0.05, 0.1) is 17.9 Å².